The van der Waals surface area contributed by atoms with Crippen molar-refractivity contribution in [1.29, 1.82) is 0 Å². The van der Waals surface area contributed by atoms with Crippen LogP contribution in [0.25, 0.3) is 0 Å². The van der Waals surface area contributed by atoms with Crippen molar-refractivity contribution in [1.82, 2.24) is 0 Å². The van der Waals surface area contributed by atoms with Gasteiger partial charge in [0.15, 0.2) is 5.78 Å². The number of alkyl halides is 3. The van der Waals surface area contributed by atoms with Crippen molar-refractivity contribution < 1.29 is 27.1 Å². The van der Waals surface area contributed by atoms with Crippen LogP contribution in [-0.4, -0.2) is 12.4 Å². The van der Waals surface area contributed by atoms with Gasteiger partial charge in [0.05, 0.1) is 17.7 Å². The summed E-state index contributed by atoms with van der Waals surface area (Å²) < 4.78 is 55.9. The molecule has 0 bridgehead atoms. The van der Waals surface area contributed by atoms with Crippen LogP contribution < -0.4 is 4.74 Å². The molecule has 0 aliphatic rings. The summed E-state index contributed by atoms with van der Waals surface area (Å²) in [5, 5.41) is 0. The van der Waals surface area contributed by atoms with Crippen molar-refractivity contribution in [3.05, 3.63) is 29.1 Å². The molecule has 2 nitrogen and oxygen atoms in total. The van der Waals surface area contributed by atoms with Crippen LogP contribution in [0, 0.1) is 5.82 Å². The Labute approximate surface area is 95.2 Å². The first-order chi connectivity index (χ1) is 7.77. The molecule has 1 rings (SSSR count). The number of ether oxygens (including phenoxy) is 1. The van der Waals surface area contributed by atoms with Crippen LogP contribution in [0.2, 0.25) is 0 Å². The van der Waals surface area contributed by atoms with Crippen molar-refractivity contribution >= 4 is 5.78 Å². The van der Waals surface area contributed by atoms with E-state index in [0.29, 0.717) is 12.1 Å². The molecule has 1 aromatic carbocycles. The third-order valence-corrected chi connectivity index (χ3v) is 2.05. The van der Waals surface area contributed by atoms with Gasteiger partial charge in [-0.15, -0.1) is 0 Å². The third-order valence-electron chi connectivity index (χ3n) is 2.05. The van der Waals surface area contributed by atoms with Gasteiger partial charge in [-0.25, -0.2) is 4.39 Å². The normalized spacial score (nSPS) is 11.4. The number of benzene rings is 1. The molecule has 17 heavy (non-hydrogen) atoms. The average molecular weight is 250 g/mol. The highest BCUT2D eigenvalue weighted by molar-refractivity contribution is 5.94. The molecule has 0 heterocycles. The Kier molecular flexibility index (Phi) is 3.75. The molecule has 0 fully saturated rings. The van der Waals surface area contributed by atoms with E-state index in [1.165, 1.54) is 6.92 Å². The highest BCUT2D eigenvalue weighted by atomic mass is 19.4. The van der Waals surface area contributed by atoms with Gasteiger partial charge in [0.2, 0.25) is 0 Å². The Morgan fingerprint density at radius 2 is 1.94 bits per heavy atom. The highest BCUT2D eigenvalue weighted by Crippen LogP contribution is 2.37. The third kappa shape index (κ3) is 2.95. The summed E-state index contributed by atoms with van der Waals surface area (Å²) in [6.07, 6.45) is -4.69. The van der Waals surface area contributed by atoms with E-state index in [2.05, 4.69) is 0 Å². The lowest BCUT2D eigenvalue weighted by atomic mass is 10.1. The Hall–Kier alpha value is -1.59. The molecule has 94 valence electrons. The predicted molar refractivity (Wildman–Crippen MR) is 52.6 cm³/mol. The smallest absolute Gasteiger partial charge is 0.419 e. The maximum atomic E-state index is 13.3. The molecule has 0 N–H and O–H groups in total. The second kappa shape index (κ2) is 4.73. The number of rotatable bonds is 3. The maximum absolute atomic E-state index is 13.3. The van der Waals surface area contributed by atoms with Gasteiger partial charge in [0.1, 0.15) is 11.6 Å². The van der Waals surface area contributed by atoms with Crippen molar-refractivity contribution in [2.24, 2.45) is 0 Å². The molecule has 6 heteroatoms. The van der Waals surface area contributed by atoms with Gasteiger partial charge < -0.3 is 4.74 Å². The molecule has 0 saturated heterocycles. The molecule has 1 aromatic rings. The van der Waals surface area contributed by atoms with E-state index in [0.717, 1.165) is 6.92 Å². The molecule has 0 radical (unpaired) electrons. The number of carbonyl (C=O) groups is 1. The molecule has 0 aromatic heterocycles. The Morgan fingerprint density at radius 1 is 1.35 bits per heavy atom. The number of ketones is 1. The predicted octanol–water partition coefficient (Wildman–Crippen LogP) is 3.45. The summed E-state index contributed by atoms with van der Waals surface area (Å²) >= 11 is 0. The molecule has 0 saturated carbocycles. The summed E-state index contributed by atoms with van der Waals surface area (Å²) in [6, 6.07) is 1.06. The topological polar surface area (TPSA) is 26.3 Å². The van der Waals surface area contributed by atoms with Gasteiger partial charge in [0.25, 0.3) is 0 Å². The van der Waals surface area contributed by atoms with Crippen molar-refractivity contribution in [2.75, 3.05) is 6.61 Å². The Balaban J connectivity index is 3.42. The molecule has 0 amide bonds. The fourth-order valence-electron chi connectivity index (χ4n) is 1.32. The Bertz CT molecular complexity index is 438. The largest absolute Gasteiger partial charge is 0.493 e. The van der Waals surface area contributed by atoms with Crippen molar-refractivity contribution in [3.63, 3.8) is 0 Å². The van der Waals surface area contributed by atoms with Crippen LogP contribution in [0.1, 0.15) is 29.8 Å². The van der Waals surface area contributed by atoms with Gasteiger partial charge in [-0.05, 0) is 19.9 Å². The summed E-state index contributed by atoms with van der Waals surface area (Å²) in [5.41, 5.74) is -1.74. The van der Waals surface area contributed by atoms with Crippen LogP contribution >= 0.6 is 0 Å². The molecule has 0 spiro atoms. The van der Waals surface area contributed by atoms with Gasteiger partial charge in [-0.2, -0.15) is 13.2 Å². The average Bonchev–Trinajstić information content (AvgIpc) is 2.15. The van der Waals surface area contributed by atoms with Gasteiger partial charge in [-0.1, -0.05) is 0 Å². The summed E-state index contributed by atoms with van der Waals surface area (Å²) in [4.78, 5) is 11.0. The van der Waals surface area contributed by atoms with E-state index in [1.54, 1.807) is 0 Å². The van der Waals surface area contributed by atoms with Gasteiger partial charge in [-0.3, -0.25) is 4.79 Å². The molecular formula is C11H10F4O2. The van der Waals surface area contributed by atoms with Crippen LogP contribution in [0.5, 0.6) is 5.75 Å². The Morgan fingerprint density at radius 3 is 2.35 bits per heavy atom. The summed E-state index contributed by atoms with van der Waals surface area (Å²) in [5.74, 6) is -2.40. The van der Waals surface area contributed by atoms with E-state index in [9.17, 15) is 22.4 Å². The zero-order valence-corrected chi connectivity index (χ0v) is 9.19. The van der Waals surface area contributed by atoms with E-state index in [1.807, 2.05) is 0 Å². The second-order valence-corrected chi connectivity index (χ2v) is 3.32. The van der Waals surface area contributed by atoms with Crippen molar-refractivity contribution in [2.45, 2.75) is 20.0 Å². The van der Waals surface area contributed by atoms with E-state index >= 15 is 0 Å². The van der Waals surface area contributed by atoms with E-state index in [-0.39, 0.29) is 6.61 Å². The maximum Gasteiger partial charge on any atom is 0.419 e. The first-order valence-electron chi connectivity index (χ1n) is 4.81. The fraction of sp³-hybridized carbons (Fsp3) is 0.364. The van der Waals surface area contributed by atoms with Crippen molar-refractivity contribution in [3.8, 4) is 5.75 Å². The van der Waals surface area contributed by atoms with Crippen LogP contribution in [0.3, 0.4) is 0 Å². The second-order valence-electron chi connectivity index (χ2n) is 3.32. The first-order valence-corrected chi connectivity index (χ1v) is 4.81. The number of halogens is 4. The molecular weight excluding hydrogens is 240 g/mol. The highest BCUT2D eigenvalue weighted by Gasteiger charge is 2.35. The minimum atomic E-state index is -4.69. The lowest BCUT2D eigenvalue weighted by Crippen LogP contribution is -2.11. The number of hydrogen-bond acceptors (Lipinski definition) is 2. The number of hydrogen-bond donors (Lipinski definition) is 0. The van der Waals surface area contributed by atoms with E-state index < -0.39 is 34.7 Å². The molecule has 0 atom stereocenters. The minimum Gasteiger partial charge on any atom is -0.493 e. The summed E-state index contributed by atoms with van der Waals surface area (Å²) in [7, 11) is 0. The molecule has 0 unspecified atom stereocenters. The first kappa shape index (κ1) is 13.5. The van der Waals surface area contributed by atoms with Gasteiger partial charge in [0, 0.05) is 6.07 Å². The SMILES string of the molecule is CCOc1cc(F)c(C(C)=O)cc1C(F)(F)F. The molecule has 0 aliphatic heterocycles. The standard InChI is InChI=1S/C11H10F4O2/c1-3-17-10-5-9(12)7(6(2)16)4-8(10)11(13,14)15/h4-5H,3H2,1-2H3. The fourth-order valence-corrected chi connectivity index (χ4v) is 1.32. The number of Topliss-reactive ketones (excluding diaryl/α,β-unsaturated/α-hetero) is 1. The zero-order chi connectivity index (χ0) is 13.2. The zero-order valence-electron chi connectivity index (χ0n) is 9.19. The quantitative estimate of drug-likeness (QED) is 0.606. The van der Waals surface area contributed by atoms with E-state index in [4.69, 9.17) is 4.74 Å². The van der Waals surface area contributed by atoms with Crippen LogP contribution in [0.4, 0.5) is 17.6 Å². The van der Waals surface area contributed by atoms with Crippen LogP contribution in [-0.2, 0) is 6.18 Å². The van der Waals surface area contributed by atoms with Crippen LogP contribution in [0.15, 0.2) is 12.1 Å². The summed E-state index contributed by atoms with van der Waals surface area (Å²) in [6.45, 7) is 2.46. The van der Waals surface area contributed by atoms with Gasteiger partial charge >= 0.3 is 6.18 Å². The number of carbonyl (C=O) groups excluding carboxylic acids is 1. The minimum absolute atomic E-state index is 0.0259. The lowest BCUT2D eigenvalue weighted by Gasteiger charge is -2.14. The molecule has 0 aliphatic carbocycles. The lowest BCUT2D eigenvalue weighted by molar-refractivity contribution is -0.138. The monoisotopic (exact) mass is 250 g/mol.